The smallest absolute Gasteiger partial charge is 0.200 e. The number of hydrogen-bond donors (Lipinski definition) is 6. The van der Waals surface area contributed by atoms with Crippen LogP contribution >= 0.6 is 0 Å². The summed E-state index contributed by atoms with van der Waals surface area (Å²) in [5, 5.41) is 26.0. The van der Waals surface area contributed by atoms with Crippen molar-refractivity contribution in [3.05, 3.63) is 46.5 Å². The average Bonchev–Trinajstić information content (AvgIpc) is 2.64. The van der Waals surface area contributed by atoms with E-state index in [4.69, 9.17) is 11.5 Å². The third kappa shape index (κ3) is 2.75. The number of carbonyl (C=O) groups excluding carboxylic acids is 2. The lowest BCUT2D eigenvalue weighted by Gasteiger charge is -2.24. The Morgan fingerprint density at radius 2 is 1.31 bits per heavy atom. The molecule has 8 nitrogen and oxygen atoms in total. The van der Waals surface area contributed by atoms with Crippen LogP contribution in [0.5, 0.6) is 11.5 Å². The summed E-state index contributed by atoms with van der Waals surface area (Å²) in [4.78, 5) is 26.1. The fourth-order valence-electron chi connectivity index (χ4n) is 3.04. The Morgan fingerprint density at radius 3 is 1.85 bits per heavy atom. The molecule has 0 aromatic heterocycles. The lowest BCUT2D eigenvalue weighted by atomic mass is 9.81. The van der Waals surface area contributed by atoms with E-state index in [0.29, 0.717) is 37.6 Å². The van der Waals surface area contributed by atoms with E-state index in [1.165, 1.54) is 12.1 Å². The molecule has 8 N–H and O–H groups in total. The fraction of sp³-hybridized carbons (Fsp3) is 0.222. The maximum Gasteiger partial charge on any atom is 0.200 e. The first-order valence-electron chi connectivity index (χ1n) is 8.20. The molecule has 2 aromatic rings. The normalized spacial score (nSPS) is 12.5. The predicted molar refractivity (Wildman–Crippen MR) is 98.2 cm³/mol. The molecule has 8 heteroatoms. The van der Waals surface area contributed by atoms with Crippen LogP contribution in [0, 0.1) is 0 Å². The van der Waals surface area contributed by atoms with Crippen LogP contribution in [0.2, 0.25) is 0 Å². The van der Waals surface area contributed by atoms with Crippen molar-refractivity contribution in [2.24, 2.45) is 11.5 Å². The number of fused-ring (bicyclic) bond motifs is 2. The quantitative estimate of drug-likeness (QED) is 0.352. The van der Waals surface area contributed by atoms with Crippen LogP contribution in [0.3, 0.4) is 0 Å². The van der Waals surface area contributed by atoms with Crippen molar-refractivity contribution < 1.29 is 19.8 Å². The number of aromatic hydroxyl groups is 2. The largest absolute Gasteiger partial charge is 0.504 e. The molecular formula is C18H20N4O4. The number of hydrogen-bond acceptors (Lipinski definition) is 8. The number of anilines is 2. The molecule has 0 amide bonds. The fourth-order valence-corrected chi connectivity index (χ4v) is 3.04. The van der Waals surface area contributed by atoms with Gasteiger partial charge in [0, 0.05) is 43.1 Å². The molecule has 1 aliphatic carbocycles. The van der Waals surface area contributed by atoms with Gasteiger partial charge < -0.3 is 32.3 Å². The molecule has 0 unspecified atom stereocenters. The van der Waals surface area contributed by atoms with E-state index in [1.807, 2.05) is 0 Å². The maximum absolute atomic E-state index is 13.1. The van der Waals surface area contributed by atoms with Gasteiger partial charge in [-0.15, -0.1) is 0 Å². The van der Waals surface area contributed by atoms with Crippen molar-refractivity contribution in [2.45, 2.75) is 0 Å². The Kier molecular flexibility index (Phi) is 4.79. The van der Waals surface area contributed by atoms with Crippen LogP contribution < -0.4 is 22.1 Å². The molecule has 0 fully saturated rings. The molecule has 3 rings (SSSR count). The van der Waals surface area contributed by atoms with Gasteiger partial charge in [-0.3, -0.25) is 9.59 Å². The number of ketones is 2. The summed E-state index contributed by atoms with van der Waals surface area (Å²) in [6, 6.07) is 5.89. The number of rotatable bonds is 6. The highest BCUT2D eigenvalue weighted by Gasteiger charge is 2.36. The van der Waals surface area contributed by atoms with Crippen molar-refractivity contribution in [1.82, 2.24) is 0 Å². The first-order chi connectivity index (χ1) is 12.5. The Balaban J connectivity index is 2.24. The lowest BCUT2D eigenvalue weighted by Crippen LogP contribution is -2.26. The first-order valence-corrected chi connectivity index (χ1v) is 8.20. The highest BCUT2D eigenvalue weighted by molar-refractivity contribution is 6.32. The molecule has 0 saturated carbocycles. The summed E-state index contributed by atoms with van der Waals surface area (Å²) >= 11 is 0. The number of nitrogens with two attached hydrogens (primary N) is 2. The van der Waals surface area contributed by atoms with Gasteiger partial charge in [0.2, 0.25) is 5.78 Å². The summed E-state index contributed by atoms with van der Waals surface area (Å²) < 4.78 is 0. The molecule has 0 radical (unpaired) electrons. The van der Waals surface area contributed by atoms with Gasteiger partial charge in [0.05, 0.1) is 16.7 Å². The second kappa shape index (κ2) is 7.03. The third-order valence-electron chi connectivity index (χ3n) is 4.21. The second-order valence-electron chi connectivity index (χ2n) is 5.86. The molecule has 1 aliphatic rings. The average molecular weight is 356 g/mol. The van der Waals surface area contributed by atoms with Crippen molar-refractivity contribution in [3.63, 3.8) is 0 Å². The van der Waals surface area contributed by atoms with Gasteiger partial charge in [-0.2, -0.15) is 0 Å². The van der Waals surface area contributed by atoms with Gasteiger partial charge in [0.15, 0.2) is 17.3 Å². The monoisotopic (exact) mass is 356 g/mol. The molecule has 0 atom stereocenters. The number of phenolic OH excluding ortho intramolecular Hbond substituents is 2. The van der Waals surface area contributed by atoms with Crippen LogP contribution in [0.15, 0.2) is 24.3 Å². The van der Waals surface area contributed by atoms with Crippen molar-refractivity contribution in [1.29, 1.82) is 0 Å². The van der Waals surface area contributed by atoms with Gasteiger partial charge in [-0.1, -0.05) is 0 Å². The zero-order valence-electron chi connectivity index (χ0n) is 14.0. The van der Waals surface area contributed by atoms with E-state index in [-0.39, 0.29) is 22.3 Å². The zero-order chi connectivity index (χ0) is 18.8. The Morgan fingerprint density at radius 1 is 0.769 bits per heavy atom. The minimum Gasteiger partial charge on any atom is -0.504 e. The van der Waals surface area contributed by atoms with E-state index < -0.39 is 23.1 Å². The van der Waals surface area contributed by atoms with E-state index in [2.05, 4.69) is 10.6 Å². The van der Waals surface area contributed by atoms with Gasteiger partial charge in [-0.25, -0.2) is 0 Å². The summed E-state index contributed by atoms with van der Waals surface area (Å²) in [6.45, 7) is 1.53. The molecule has 2 aromatic carbocycles. The first kappa shape index (κ1) is 17.7. The minimum atomic E-state index is -0.600. The highest BCUT2D eigenvalue weighted by Crippen LogP contribution is 2.42. The molecule has 0 saturated heterocycles. The van der Waals surface area contributed by atoms with Crippen LogP contribution in [-0.4, -0.2) is 48.0 Å². The van der Waals surface area contributed by atoms with Crippen LogP contribution in [0.1, 0.15) is 31.8 Å². The van der Waals surface area contributed by atoms with Gasteiger partial charge in [0.25, 0.3) is 0 Å². The van der Waals surface area contributed by atoms with Crippen LogP contribution in [-0.2, 0) is 0 Å². The summed E-state index contributed by atoms with van der Waals surface area (Å²) in [7, 11) is 0. The Bertz CT molecular complexity index is 895. The Hall–Kier alpha value is -3.10. The molecular weight excluding hydrogens is 336 g/mol. The van der Waals surface area contributed by atoms with Crippen molar-refractivity contribution in [2.75, 3.05) is 36.8 Å². The predicted octanol–water partition coefficient (Wildman–Crippen LogP) is 0.614. The van der Waals surface area contributed by atoms with E-state index in [9.17, 15) is 19.8 Å². The number of nitrogens with one attached hydrogen (secondary N) is 2. The SMILES string of the molecule is NCCNc1ccc(NCCN)c2c1C(=O)c1ccc(O)c(O)c1C2=O. The maximum atomic E-state index is 13.1. The van der Waals surface area contributed by atoms with E-state index in [0.717, 1.165) is 0 Å². The lowest BCUT2D eigenvalue weighted by molar-refractivity contribution is 0.0977. The highest BCUT2D eigenvalue weighted by atomic mass is 16.3. The second-order valence-corrected chi connectivity index (χ2v) is 5.86. The minimum absolute atomic E-state index is 0.0459. The van der Waals surface area contributed by atoms with Gasteiger partial charge in [-0.05, 0) is 24.3 Å². The molecule has 0 bridgehead atoms. The van der Waals surface area contributed by atoms with Crippen LogP contribution in [0.25, 0.3) is 0 Å². The molecule has 0 aliphatic heterocycles. The Labute approximate surface area is 149 Å². The number of phenols is 2. The van der Waals surface area contributed by atoms with Crippen molar-refractivity contribution >= 4 is 22.9 Å². The summed E-state index contributed by atoms with van der Waals surface area (Å²) in [6.07, 6.45) is 0. The van der Waals surface area contributed by atoms with Gasteiger partial charge >= 0.3 is 0 Å². The van der Waals surface area contributed by atoms with Gasteiger partial charge in [0.1, 0.15) is 0 Å². The number of carbonyl (C=O) groups is 2. The summed E-state index contributed by atoms with van der Waals surface area (Å²) in [5.74, 6) is -2.02. The summed E-state index contributed by atoms with van der Waals surface area (Å²) in [5.41, 5.74) is 12.2. The van der Waals surface area contributed by atoms with Crippen LogP contribution in [0.4, 0.5) is 11.4 Å². The van der Waals surface area contributed by atoms with Crippen molar-refractivity contribution in [3.8, 4) is 11.5 Å². The molecule has 0 heterocycles. The topological polar surface area (TPSA) is 151 Å². The van der Waals surface area contributed by atoms with E-state index >= 15 is 0 Å². The standard InChI is InChI=1S/C18H20N4O4/c19-5-7-21-10-2-3-11(22-8-6-20)15-14(10)16(24)9-1-4-12(23)17(25)13(9)18(15)26/h1-4,21-23,25H,5-8,19-20H2. The molecule has 26 heavy (non-hydrogen) atoms. The zero-order valence-corrected chi connectivity index (χ0v) is 14.0. The number of benzene rings is 2. The molecule has 0 spiro atoms. The van der Waals surface area contributed by atoms with E-state index in [1.54, 1.807) is 12.1 Å². The third-order valence-corrected chi connectivity index (χ3v) is 4.21. The molecule has 136 valence electrons.